The Hall–Kier alpha value is -5.17. The van der Waals surface area contributed by atoms with Crippen LogP contribution in [0.5, 0.6) is 17.2 Å². The summed E-state index contributed by atoms with van der Waals surface area (Å²) in [5.74, 6) is -3.08. The van der Waals surface area contributed by atoms with Gasteiger partial charge in [0.25, 0.3) is 0 Å². The molecule has 4 rings (SSSR count). The van der Waals surface area contributed by atoms with E-state index in [2.05, 4.69) is 4.74 Å². The SMILES string of the molecule is N#Cc1ccc(-c2ccc(OC(=O)CC(=O)Oc3ccc(-c4ccc(OC(F)(F)F)cc4)c(F)c3)cc2)cc1. The molecule has 0 heterocycles. The van der Waals surface area contributed by atoms with Gasteiger partial charge < -0.3 is 14.2 Å². The van der Waals surface area contributed by atoms with Crippen LogP contribution < -0.4 is 14.2 Å². The Kier molecular flexibility index (Phi) is 7.91. The van der Waals surface area contributed by atoms with Gasteiger partial charge in [0.15, 0.2) is 0 Å². The standard InChI is InChI=1S/C29H17F4NO5/c30-26-15-24(13-14-25(26)21-7-11-23(12-8-21)39-29(31,32)33)38-28(36)16-27(35)37-22-9-5-20(6-10-22)19-3-1-18(17-34)2-4-19/h1-15H,16H2. The number of carbonyl (C=O) groups excluding carboxylic acids is 2. The van der Waals surface area contributed by atoms with Gasteiger partial charge >= 0.3 is 18.3 Å². The van der Waals surface area contributed by atoms with Gasteiger partial charge in [0.2, 0.25) is 0 Å². The maximum absolute atomic E-state index is 14.6. The van der Waals surface area contributed by atoms with Crippen LogP contribution in [0.1, 0.15) is 12.0 Å². The summed E-state index contributed by atoms with van der Waals surface area (Å²) in [6, 6.07) is 23.6. The molecule has 196 valence electrons. The first-order valence-electron chi connectivity index (χ1n) is 11.3. The second-order valence-electron chi connectivity index (χ2n) is 8.05. The third kappa shape index (κ3) is 7.42. The zero-order valence-electron chi connectivity index (χ0n) is 19.9. The van der Waals surface area contributed by atoms with Crippen molar-refractivity contribution in [3.63, 3.8) is 0 Å². The number of esters is 2. The summed E-state index contributed by atoms with van der Waals surface area (Å²) in [6.07, 6.45) is -5.58. The lowest BCUT2D eigenvalue weighted by molar-refractivity contribution is -0.274. The van der Waals surface area contributed by atoms with Crippen molar-refractivity contribution in [3.8, 4) is 45.6 Å². The molecule has 0 radical (unpaired) electrons. The van der Waals surface area contributed by atoms with Crippen molar-refractivity contribution >= 4 is 11.9 Å². The molecule has 0 aliphatic heterocycles. The number of carbonyl (C=O) groups is 2. The second kappa shape index (κ2) is 11.5. The number of benzene rings is 4. The molecule has 0 saturated carbocycles. The molecule has 4 aromatic carbocycles. The van der Waals surface area contributed by atoms with E-state index in [1.54, 1.807) is 48.5 Å². The van der Waals surface area contributed by atoms with Gasteiger partial charge in [-0.2, -0.15) is 5.26 Å². The lowest BCUT2D eigenvalue weighted by Gasteiger charge is -2.10. The molecule has 0 atom stereocenters. The molecule has 0 amide bonds. The summed E-state index contributed by atoms with van der Waals surface area (Å²) in [4.78, 5) is 24.3. The first kappa shape index (κ1) is 26.9. The van der Waals surface area contributed by atoms with E-state index in [1.165, 1.54) is 24.3 Å². The third-order valence-electron chi connectivity index (χ3n) is 5.29. The Morgan fingerprint density at radius 2 is 1.18 bits per heavy atom. The summed E-state index contributed by atoms with van der Waals surface area (Å²) in [5, 5.41) is 8.89. The molecule has 0 unspecified atom stereocenters. The fraction of sp³-hybridized carbons (Fsp3) is 0.0690. The van der Waals surface area contributed by atoms with Crippen molar-refractivity contribution in [2.75, 3.05) is 0 Å². The Labute approximate surface area is 219 Å². The van der Waals surface area contributed by atoms with Gasteiger partial charge in [-0.3, -0.25) is 9.59 Å². The summed E-state index contributed by atoms with van der Waals surface area (Å²) in [7, 11) is 0. The van der Waals surface area contributed by atoms with Gasteiger partial charge in [0.05, 0.1) is 11.6 Å². The van der Waals surface area contributed by atoms with Crippen LogP contribution in [-0.2, 0) is 9.59 Å². The quantitative estimate of drug-likeness (QED) is 0.112. The first-order chi connectivity index (χ1) is 18.6. The van der Waals surface area contributed by atoms with Crippen LogP contribution in [0.15, 0.2) is 91.0 Å². The largest absolute Gasteiger partial charge is 0.573 e. The van der Waals surface area contributed by atoms with Crippen molar-refractivity contribution in [1.82, 2.24) is 0 Å². The fourth-order valence-electron chi connectivity index (χ4n) is 3.54. The number of nitriles is 1. The first-order valence-corrected chi connectivity index (χ1v) is 11.3. The van der Waals surface area contributed by atoms with E-state index < -0.39 is 36.3 Å². The van der Waals surface area contributed by atoms with Crippen LogP contribution in [0.25, 0.3) is 22.3 Å². The highest BCUT2D eigenvalue weighted by atomic mass is 19.4. The highest BCUT2D eigenvalue weighted by molar-refractivity contribution is 5.93. The monoisotopic (exact) mass is 535 g/mol. The Bertz CT molecular complexity index is 1520. The summed E-state index contributed by atoms with van der Waals surface area (Å²) >= 11 is 0. The lowest BCUT2D eigenvalue weighted by Crippen LogP contribution is -2.18. The van der Waals surface area contributed by atoms with E-state index in [9.17, 15) is 27.2 Å². The van der Waals surface area contributed by atoms with Crippen molar-refractivity contribution in [3.05, 3.63) is 102 Å². The molecule has 0 N–H and O–H groups in total. The molecule has 4 aromatic rings. The van der Waals surface area contributed by atoms with Crippen molar-refractivity contribution in [2.45, 2.75) is 12.8 Å². The Morgan fingerprint density at radius 1 is 0.692 bits per heavy atom. The number of ether oxygens (including phenoxy) is 3. The average molecular weight is 535 g/mol. The zero-order valence-corrected chi connectivity index (χ0v) is 19.9. The van der Waals surface area contributed by atoms with E-state index in [0.717, 1.165) is 29.3 Å². The van der Waals surface area contributed by atoms with Crippen LogP contribution in [0.3, 0.4) is 0 Å². The van der Waals surface area contributed by atoms with Crippen LogP contribution in [0, 0.1) is 17.1 Å². The maximum atomic E-state index is 14.6. The molecular formula is C29H17F4NO5. The molecule has 0 spiro atoms. The second-order valence-corrected chi connectivity index (χ2v) is 8.05. The van der Waals surface area contributed by atoms with Gasteiger partial charge in [0.1, 0.15) is 29.5 Å². The summed E-state index contributed by atoms with van der Waals surface area (Å²) < 4.78 is 65.4. The molecule has 0 bridgehead atoms. The summed E-state index contributed by atoms with van der Waals surface area (Å²) in [5.41, 5.74) is 2.55. The average Bonchev–Trinajstić information content (AvgIpc) is 2.89. The van der Waals surface area contributed by atoms with Crippen LogP contribution in [-0.4, -0.2) is 18.3 Å². The minimum Gasteiger partial charge on any atom is -0.426 e. The number of halogens is 4. The van der Waals surface area contributed by atoms with Crippen molar-refractivity contribution in [2.24, 2.45) is 0 Å². The maximum Gasteiger partial charge on any atom is 0.573 e. The van der Waals surface area contributed by atoms with Gasteiger partial charge in [-0.05, 0) is 65.2 Å². The molecule has 0 saturated heterocycles. The highest BCUT2D eigenvalue weighted by Gasteiger charge is 2.31. The molecular weight excluding hydrogens is 518 g/mol. The molecule has 10 heteroatoms. The van der Waals surface area contributed by atoms with E-state index in [-0.39, 0.29) is 22.6 Å². The number of alkyl halides is 3. The minimum atomic E-state index is -4.84. The molecule has 0 aliphatic carbocycles. The smallest absolute Gasteiger partial charge is 0.426 e. The highest BCUT2D eigenvalue weighted by Crippen LogP contribution is 2.30. The fourth-order valence-corrected chi connectivity index (χ4v) is 3.54. The van der Waals surface area contributed by atoms with E-state index in [1.807, 2.05) is 6.07 Å². The van der Waals surface area contributed by atoms with E-state index in [4.69, 9.17) is 14.7 Å². The van der Waals surface area contributed by atoms with Crippen molar-refractivity contribution in [1.29, 1.82) is 5.26 Å². The van der Waals surface area contributed by atoms with Gasteiger partial charge in [-0.25, -0.2) is 4.39 Å². The molecule has 0 aromatic heterocycles. The third-order valence-corrected chi connectivity index (χ3v) is 5.29. The van der Waals surface area contributed by atoms with Crippen molar-refractivity contribution < 1.29 is 41.4 Å². The predicted molar refractivity (Wildman–Crippen MR) is 131 cm³/mol. The van der Waals surface area contributed by atoms with Crippen LogP contribution >= 0.6 is 0 Å². The molecule has 0 aliphatic rings. The summed E-state index contributed by atoms with van der Waals surface area (Å²) in [6.45, 7) is 0. The normalized spacial score (nSPS) is 10.8. The topological polar surface area (TPSA) is 85.6 Å². The predicted octanol–water partition coefficient (Wildman–Crippen LogP) is 6.83. The molecule has 39 heavy (non-hydrogen) atoms. The molecule has 0 fully saturated rings. The number of hydrogen-bond donors (Lipinski definition) is 0. The van der Waals surface area contributed by atoms with E-state index in [0.29, 0.717) is 5.56 Å². The van der Waals surface area contributed by atoms with Crippen LogP contribution in [0.2, 0.25) is 0 Å². The minimum absolute atomic E-state index is 0.0530. The number of hydrogen-bond acceptors (Lipinski definition) is 6. The lowest BCUT2D eigenvalue weighted by atomic mass is 10.0. The zero-order chi connectivity index (χ0) is 28.0. The van der Waals surface area contributed by atoms with E-state index >= 15 is 0 Å². The molecule has 6 nitrogen and oxygen atoms in total. The number of nitrogens with zero attached hydrogens (tertiary/aromatic N) is 1. The van der Waals surface area contributed by atoms with Gasteiger partial charge in [-0.15, -0.1) is 13.2 Å². The Morgan fingerprint density at radius 3 is 1.72 bits per heavy atom. The number of rotatable bonds is 7. The Balaban J connectivity index is 1.31. The van der Waals surface area contributed by atoms with Gasteiger partial charge in [0, 0.05) is 11.6 Å². The van der Waals surface area contributed by atoms with Crippen LogP contribution in [0.4, 0.5) is 17.6 Å². The van der Waals surface area contributed by atoms with Gasteiger partial charge in [-0.1, -0.05) is 36.4 Å².